The van der Waals surface area contributed by atoms with Crippen LogP contribution in [0.2, 0.25) is 23.2 Å². The molecule has 264 valence electrons. The zero-order valence-corrected chi connectivity index (χ0v) is 31.4. The highest BCUT2D eigenvalue weighted by Gasteiger charge is 2.46. The van der Waals surface area contributed by atoms with Crippen molar-refractivity contribution in [3.8, 4) is 16.9 Å². The molecular formula is C39H49ClF2N2O4Si. The van der Waals surface area contributed by atoms with Gasteiger partial charge in [-0.2, -0.15) is 0 Å². The molecule has 1 heterocycles. The number of carbonyl (C=O) groups is 1. The monoisotopic (exact) mass is 710 g/mol. The van der Waals surface area contributed by atoms with E-state index in [0.29, 0.717) is 48.9 Å². The van der Waals surface area contributed by atoms with Gasteiger partial charge in [-0.3, -0.25) is 4.79 Å². The van der Waals surface area contributed by atoms with E-state index in [1.165, 1.54) is 13.1 Å². The van der Waals surface area contributed by atoms with Gasteiger partial charge in [0.1, 0.15) is 17.4 Å². The normalized spacial score (nSPS) is 25.1. The average Bonchev–Trinajstić information content (AvgIpc) is 3.62. The highest BCUT2D eigenvalue weighted by Crippen LogP contribution is 2.52. The summed E-state index contributed by atoms with van der Waals surface area (Å²) in [7, 11) is -0.723. The highest BCUT2D eigenvalue weighted by atomic mass is 35.5. The highest BCUT2D eigenvalue weighted by molar-refractivity contribution is 6.74. The molecular weight excluding hydrogens is 662 g/mol. The van der Waals surface area contributed by atoms with Crippen molar-refractivity contribution < 1.29 is 27.8 Å². The van der Waals surface area contributed by atoms with Crippen LogP contribution in [0, 0.1) is 11.6 Å². The van der Waals surface area contributed by atoms with E-state index in [-0.39, 0.29) is 51.1 Å². The van der Waals surface area contributed by atoms with Gasteiger partial charge in [0.25, 0.3) is 5.91 Å². The summed E-state index contributed by atoms with van der Waals surface area (Å²) in [5.41, 5.74) is 1.19. The molecule has 10 heteroatoms. The summed E-state index contributed by atoms with van der Waals surface area (Å²) in [5, 5.41) is 16.5. The Bertz CT molecular complexity index is 1750. The Morgan fingerprint density at radius 3 is 2.39 bits per heavy atom. The number of nitrogens with one attached hydrogen (secondary N) is 2. The van der Waals surface area contributed by atoms with Gasteiger partial charge in [-0.05, 0) is 86.3 Å². The molecule has 6 rings (SSSR count). The first-order chi connectivity index (χ1) is 23.0. The van der Waals surface area contributed by atoms with Crippen molar-refractivity contribution in [1.82, 2.24) is 10.6 Å². The molecule has 0 radical (unpaired) electrons. The third kappa shape index (κ3) is 6.69. The summed E-state index contributed by atoms with van der Waals surface area (Å²) in [6.07, 6.45) is 3.96. The van der Waals surface area contributed by atoms with Gasteiger partial charge in [0.2, 0.25) is 0 Å². The quantitative estimate of drug-likeness (QED) is 0.204. The predicted molar refractivity (Wildman–Crippen MR) is 193 cm³/mol. The average molecular weight is 711 g/mol. The largest absolute Gasteiger partial charge is 0.480 e. The lowest BCUT2D eigenvalue weighted by Crippen LogP contribution is -2.48. The topological polar surface area (TPSA) is 79.8 Å². The fourth-order valence-corrected chi connectivity index (χ4v) is 9.03. The summed E-state index contributed by atoms with van der Waals surface area (Å²) in [4.78, 5) is 13.6. The maximum Gasteiger partial charge on any atom is 0.251 e. The number of fused-ring (bicyclic) bond motifs is 2. The van der Waals surface area contributed by atoms with Crippen LogP contribution in [-0.2, 0) is 22.9 Å². The van der Waals surface area contributed by atoms with Crippen molar-refractivity contribution in [2.75, 3.05) is 13.6 Å². The first-order valence-electron chi connectivity index (χ1n) is 17.4. The molecule has 1 fully saturated rings. The Hall–Kier alpha value is -2.82. The summed E-state index contributed by atoms with van der Waals surface area (Å²) < 4.78 is 46.4. The van der Waals surface area contributed by atoms with E-state index in [0.717, 1.165) is 18.4 Å². The van der Waals surface area contributed by atoms with E-state index in [4.69, 9.17) is 20.8 Å². The van der Waals surface area contributed by atoms with Gasteiger partial charge in [-0.15, -0.1) is 0 Å². The lowest BCUT2D eigenvalue weighted by atomic mass is 9.82. The maximum absolute atomic E-state index is 17.1. The Kier molecular flexibility index (Phi) is 9.59. The standard InChI is InChI=1S/C39H49ClF2N2O4Si/c1-37(2,3)49(6,7)48-30-14-13-25-26(30)19-27(36(45)43-5)33(35(25)42)32-28-21-39(23-11-9-8-10-12-23,47-31(28)20-29(41)34(32)40)22-44-24-15-17-38(4,46)18-16-24/h8-12,19-20,24,30,44,46H,13-18,21-22H2,1-7H3,(H,43,45)/t24?,30?,38?,39-/m1/s1. The number of carbonyl (C=O) groups excluding carboxylic acids is 1. The van der Waals surface area contributed by atoms with Gasteiger partial charge < -0.3 is 24.9 Å². The van der Waals surface area contributed by atoms with Crippen molar-refractivity contribution >= 4 is 25.8 Å². The molecule has 0 bridgehead atoms. The number of hydrogen-bond acceptors (Lipinski definition) is 5. The minimum absolute atomic E-state index is 0.0123. The molecule has 49 heavy (non-hydrogen) atoms. The van der Waals surface area contributed by atoms with Gasteiger partial charge in [0.05, 0.1) is 22.3 Å². The maximum atomic E-state index is 17.1. The molecule has 1 saturated carbocycles. The van der Waals surface area contributed by atoms with Crippen molar-refractivity contribution in [3.63, 3.8) is 0 Å². The summed E-state index contributed by atoms with van der Waals surface area (Å²) >= 11 is 6.80. The first kappa shape index (κ1) is 36.0. The van der Waals surface area contributed by atoms with Gasteiger partial charge in [-0.25, -0.2) is 8.78 Å². The van der Waals surface area contributed by atoms with Crippen LogP contribution < -0.4 is 15.4 Å². The molecule has 0 saturated heterocycles. The van der Waals surface area contributed by atoms with E-state index >= 15 is 8.78 Å². The van der Waals surface area contributed by atoms with Crippen molar-refractivity contribution in [3.05, 3.63) is 86.9 Å². The Morgan fingerprint density at radius 2 is 1.76 bits per heavy atom. The van der Waals surface area contributed by atoms with E-state index in [9.17, 15) is 9.90 Å². The number of rotatable bonds is 8. The van der Waals surface area contributed by atoms with Crippen LogP contribution in [0.15, 0.2) is 42.5 Å². The smallest absolute Gasteiger partial charge is 0.251 e. The van der Waals surface area contributed by atoms with Gasteiger partial charge >= 0.3 is 0 Å². The van der Waals surface area contributed by atoms with Gasteiger partial charge in [-0.1, -0.05) is 62.7 Å². The fourth-order valence-electron chi connectivity index (χ4n) is 7.45. The number of amides is 1. The lowest BCUT2D eigenvalue weighted by molar-refractivity contribution is 0.0104. The summed E-state index contributed by atoms with van der Waals surface area (Å²) in [5.74, 6) is -1.54. The van der Waals surface area contributed by atoms with Crippen LogP contribution >= 0.6 is 11.6 Å². The molecule has 2 aliphatic carbocycles. The second-order valence-corrected chi connectivity index (χ2v) is 21.1. The van der Waals surface area contributed by atoms with Crippen molar-refractivity contribution in [1.29, 1.82) is 0 Å². The number of benzene rings is 3. The van der Waals surface area contributed by atoms with Gasteiger partial charge in [0.15, 0.2) is 13.9 Å². The molecule has 1 amide bonds. The molecule has 3 N–H and O–H groups in total. The van der Waals surface area contributed by atoms with Crippen LogP contribution in [0.3, 0.4) is 0 Å². The van der Waals surface area contributed by atoms with Crippen LogP contribution in [0.5, 0.6) is 5.75 Å². The molecule has 3 aromatic rings. The van der Waals surface area contributed by atoms with Crippen molar-refractivity contribution in [2.24, 2.45) is 0 Å². The molecule has 2 atom stereocenters. The van der Waals surface area contributed by atoms with Gasteiger partial charge in [0, 0.05) is 48.8 Å². The third-order valence-electron chi connectivity index (χ3n) is 11.5. The Balaban J connectivity index is 1.45. The first-order valence-corrected chi connectivity index (χ1v) is 20.7. The number of aliphatic hydroxyl groups is 1. The molecule has 0 spiro atoms. The zero-order valence-electron chi connectivity index (χ0n) is 29.7. The fraction of sp³-hybridized carbons (Fsp3) is 0.513. The summed E-state index contributed by atoms with van der Waals surface area (Å²) in [6, 6.07) is 12.9. The van der Waals surface area contributed by atoms with E-state index in [2.05, 4.69) is 44.5 Å². The van der Waals surface area contributed by atoms with Crippen LogP contribution in [-0.4, -0.2) is 44.6 Å². The van der Waals surface area contributed by atoms with Crippen LogP contribution in [0.4, 0.5) is 8.78 Å². The van der Waals surface area contributed by atoms with Crippen LogP contribution in [0.1, 0.15) is 98.5 Å². The van der Waals surface area contributed by atoms with E-state index < -0.39 is 37.1 Å². The Labute approximate surface area is 295 Å². The second kappa shape index (κ2) is 13.1. The number of ether oxygens (including phenoxy) is 1. The molecule has 3 aliphatic rings. The minimum Gasteiger partial charge on any atom is -0.480 e. The Morgan fingerprint density at radius 1 is 1.08 bits per heavy atom. The molecule has 1 unspecified atom stereocenters. The minimum atomic E-state index is -2.22. The summed E-state index contributed by atoms with van der Waals surface area (Å²) in [6.45, 7) is 13.1. The van der Waals surface area contributed by atoms with E-state index in [1.807, 2.05) is 37.3 Å². The number of halogens is 3. The molecule has 3 aromatic carbocycles. The van der Waals surface area contributed by atoms with Crippen LogP contribution in [0.25, 0.3) is 11.1 Å². The SMILES string of the molecule is CNC(=O)c1cc2c(c(F)c1-c1c(Cl)c(F)cc3c1C[C@@](CNC1CCC(C)(O)CC1)(c1ccccc1)O3)CCC2O[Si](C)(C)C(C)(C)C. The molecule has 6 nitrogen and oxygen atoms in total. The number of hydrogen-bond donors (Lipinski definition) is 3. The van der Waals surface area contributed by atoms with E-state index in [1.54, 1.807) is 6.07 Å². The predicted octanol–water partition coefficient (Wildman–Crippen LogP) is 8.77. The molecule has 1 aliphatic heterocycles. The zero-order chi connectivity index (χ0) is 35.5. The third-order valence-corrected chi connectivity index (χ3v) is 16.3. The molecule has 0 aromatic heterocycles. The second-order valence-electron chi connectivity index (χ2n) is 16.0. The lowest BCUT2D eigenvalue weighted by Gasteiger charge is -2.38. The van der Waals surface area contributed by atoms with Crippen molar-refractivity contribution in [2.45, 2.75) is 114 Å².